The summed E-state index contributed by atoms with van der Waals surface area (Å²) in [7, 11) is 1.76. The summed E-state index contributed by atoms with van der Waals surface area (Å²) in [5.74, 6) is 0. The van der Waals surface area contributed by atoms with E-state index in [1.807, 2.05) is 26.8 Å². The van der Waals surface area contributed by atoms with E-state index in [9.17, 15) is 4.79 Å². The lowest BCUT2D eigenvalue weighted by Gasteiger charge is -2.26. The summed E-state index contributed by atoms with van der Waals surface area (Å²) in [5, 5.41) is 0. The zero-order valence-corrected chi connectivity index (χ0v) is 14.6. The Morgan fingerprint density at radius 3 is 2.81 bits per heavy atom. The standard InChI is InChI=1S/C16H22BrNO3/c1-16(2,3)21-15(19)18(4)9-12-8-13(17)7-11-5-6-20-10-14(11)12/h7-8H,5-6,9-10H2,1-4H3. The maximum Gasteiger partial charge on any atom is 0.410 e. The molecule has 0 saturated heterocycles. The number of hydrogen-bond donors (Lipinski definition) is 0. The first-order valence-corrected chi connectivity index (χ1v) is 7.87. The Morgan fingerprint density at radius 1 is 1.43 bits per heavy atom. The Hall–Kier alpha value is -1.07. The molecule has 1 aliphatic rings. The van der Waals surface area contributed by atoms with Gasteiger partial charge in [-0.05, 0) is 56.0 Å². The molecule has 0 atom stereocenters. The molecule has 21 heavy (non-hydrogen) atoms. The van der Waals surface area contributed by atoms with Gasteiger partial charge in [0, 0.05) is 18.1 Å². The van der Waals surface area contributed by atoms with E-state index in [1.54, 1.807) is 11.9 Å². The van der Waals surface area contributed by atoms with Crippen molar-refractivity contribution in [3.63, 3.8) is 0 Å². The second kappa shape index (κ2) is 6.36. The molecule has 1 aromatic carbocycles. The van der Waals surface area contributed by atoms with Gasteiger partial charge in [-0.15, -0.1) is 0 Å². The Bertz CT molecular complexity index is 537. The van der Waals surface area contributed by atoms with Crippen molar-refractivity contribution in [2.45, 2.75) is 45.9 Å². The number of fused-ring (bicyclic) bond motifs is 1. The summed E-state index contributed by atoms with van der Waals surface area (Å²) in [4.78, 5) is 13.7. The highest BCUT2D eigenvalue weighted by Gasteiger charge is 2.22. The fraction of sp³-hybridized carbons (Fsp3) is 0.562. The molecule has 0 bridgehead atoms. The van der Waals surface area contributed by atoms with Crippen LogP contribution < -0.4 is 0 Å². The molecule has 0 radical (unpaired) electrons. The molecule has 1 aliphatic heterocycles. The van der Waals surface area contributed by atoms with Crippen molar-refractivity contribution in [2.75, 3.05) is 13.7 Å². The number of hydrogen-bond acceptors (Lipinski definition) is 3. The van der Waals surface area contributed by atoms with Gasteiger partial charge in [0.05, 0.1) is 13.2 Å². The van der Waals surface area contributed by atoms with Crippen molar-refractivity contribution in [2.24, 2.45) is 0 Å². The van der Waals surface area contributed by atoms with Crippen LogP contribution in [0.4, 0.5) is 4.79 Å². The molecule has 1 aromatic rings. The van der Waals surface area contributed by atoms with Crippen molar-refractivity contribution in [1.29, 1.82) is 0 Å². The molecule has 0 spiro atoms. The first kappa shape index (κ1) is 16.3. The van der Waals surface area contributed by atoms with Gasteiger partial charge in [0.2, 0.25) is 0 Å². The minimum atomic E-state index is -0.481. The number of rotatable bonds is 2. The Balaban J connectivity index is 2.15. The van der Waals surface area contributed by atoms with E-state index in [0.717, 1.165) is 23.1 Å². The SMILES string of the molecule is CN(Cc1cc(Br)cc2c1COCC2)C(=O)OC(C)(C)C. The van der Waals surface area contributed by atoms with Crippen molar-refractivity contribution >= 4 is 22.0 Å². The Kier molecular flexibility index (Phi) is 4.94. The van der Waals surface area contributed by atoms with Gasteiger partial charge in [-0.2, -0.15) is 0 Å². The molecule has 0 saturated carbocycles. The van der Waals surface area contributed by atoms with Crippen LogP contribution in [-0.4, -0.2) is 30.2 Å². The highest BCUT2D eigenvalue weighted by molar-refractivity contribution is 9.10. The number of halogens is 1. The predicted octanol–water partition coefficient (Wildman–Crippen LogP) is 3.89. The molecule has 1 amide bonds. The second-order valence-electron chi connectivity index (χ2n) is 6.34. The second-order valence-corrected chi connectivity index (χ2v) is 7.26. The van der Waals surface area contributed by atoms with Gasteiger partial charge in [0.1, 0.15) is 5.60 Å². The maximum absolute atomic E-state index is 12.1. The third kappa shape index (κ3) is 4.45. The molecule has 2 rings (SSSR count). The van der Waals surface area contributed by atoms with E-state index in [1.165, 1.54) is 11.1 Å². The van der Waals surface area contributed by atoms with E-state index in [0.29, 0.717) is 13.2 Å². The molecule has 1 heterocycles. The fourth-order valence-corrected chi connectivity index (χ4v) is 2.87. The van der Waals surface area contributed by atoms with Crippen LogP contribution in [-0.2, 0) is 29.0 Å². The van der Waals surface area contributed by atoms with Gasteiger partial charge in [0.15, 0.2) is 0 Å². The summed E-state index contributed by atoms with van der Waals surface area (Å²) >= 11 is 3.54. The van der Waals surface area contributed by atoms with E-state index >= 15 is 0 Å². The summed E-state index contributed by atoms with van der Waals surface area (Å²) in [5.41, 5.74) is 3.11. The number of ether oxygens (including phenoxy) is 2. The third-order valence-electron chi connectivity index (χ3n) is 3.27. The number of amides is 1. The van der Waals surface area contributed by atoms with Crippen LogP contribution >= 0.6 is 15.9 Å². The summed E-state index contributed by atoms with van der Waals surface area (Å²) in [6.45, 7) is 7.49. The van der Waals surface area contributed by atoms with Gasteiger partial charge in [-0.25, -0.2) is 4.79 Å². The molecule has 0 aliphatic carbocycles. The molecular formula is C16H22BrNO3. The van der Waals surface area contributed by atoms with Crippen molar-refractivity contribution < 1.29 is 14.3 Å². The molecule has 116 valence electrons. The maximum atomic E-state index is 12.1. The minimum Gasteiger partial charge on any atom is -0.444 e. The van der Waals surface area contributed by atoms with Crippen LogP contribution in [0.3, 0.4) is 0 Å². The first-order chi connectivity index (χ1) is 9.76. The van der Waals surface area contributed by atoms with E-state index in [2.05, 4.69) is 22.0 Å². The van der Waals surface area contributed by atoms with Crippen LogP contribution in [0.1, 0.15) is 37.5 Å². The third-order valence-corrected chi connectivity index (χ3v) is 3.73. The van der Waals surface area contributed by atoms with Crippen LogP contribution in [0.5, 0.6) is 0 Å². The molecule has 0 N–H and O–H groups in total. The van der Waals surface area contributed by atoms with E-state index < -0.39 is 5.60 Å². The quantitative estimate of drug-likeness (QED) is 0.807. The fourth-order valence-electron chi connectivity index (χ4n) is 2.32. The van der Waals surface area contributed by atoms with Crippen molar-refractivity contribution in [3.05, 3.63) is 33.3 Å². The van der Waals surface area contributed by atoms with Gasteiger partial charge < -0.3 is 14.4 Å². The Labute approximate surface area is 134 Å². The topological polar surface area (TPSA) is 38.8 Å². The van der Waals surface area contributed by atoms with Crippen LogP contribution in [0.25, 0.3) is 0 Å². The molecular weight excluding hydrogens is 334 g/mol. The molecule has 0 unspecified atom stereocenters. The summed E-state index contributed by atoms with van der Waals surface area (Å²) in [6.07, 6.45) is 0.603. The van der Waals surface area contributed by atoms with Crippen LogP contribution in [0.2, 0.25) is 0 Å². The zero-order chi connectivity index (χ0) is 15.6. The first-order valence-electron chi connectivity index (χ1n) is 7.08. The van der Waals surface area contributed by atoms with Crippen LogP contribution in [0.15, 0.2) is 16.6 Å². The number of carbonyl (C=O) groups is 1. The van der Waals surface area contributed by atoms with Crippen molar-refractivity contribution in [1.82, 2.24) is 4.90 Å². The van der Waals surface area contributed by atoms with Gasteiger partial charge >= 0.3 is 6.09 Å². The largest absolute Gasteiger partial charge is 0.444 e. The smallest absolute Gasteiger partial charge is 0.410 e. The van der Waals surface area contributed by atoms with E-state index in [-0.39, 0.29) is 6.09 Å². The predicted molar refractivity (Wildman–Crippen MR) is 85.2 cm³/mol. The van der Waals surface area contributed by atoms with E-state index in [4.69, 9.17) is 9.47 Å². The zero-order valence-electron chi connectivity index (χ0n) is 13.0. The average Bonchev–Trinajstić information content (AvgIpc) is 2.36. The minimum absolute atomic E-state index is 0.312. The highest BCUT2D eigenvalue weighted by Crippen LogP contribution is 2.27. The van der Waals surface area contributed by atoms with Gasteiger partial charge in [-0.1, -0.05) is 15.9 Å². The van der Waals surface area contributed by atoms with Gasteiger partial charge in [-0.3, -0.25) is 0 Å². The number of carbonyl (C=O) groups excluding carboxylic acids is 1. The number of nitrogens with zero attached hydrogens (tertiary/aromatic N) is 1. The number of benzene rings is 1. The lowest BCUT2D eigenvalue weighted by Crippen LogP contribution is -2.34. The highest BCUT2D eigenvalue weighted by atomic mass is 79.9. The van der Waals surface area contributed by atoms with Crippen molar-refractivity contribution in [3.8, 4) is 0 Å². The summed E-state index contributed by atoms with van der Waals surface area (Å²) in [6, 6.07) is 4.18. The average molecular weight is 356 g/mol. The monoisotopic (exact) mass is 355 g/mol. The Morgan fingerprint density at radius 2 is 2.14 bits per heavy atom. The van der Waals surface area contributed by atoms with Crippen LogP contribution in [0, 0.1) is 0 Å². The normalized spacial score (nSPS) is 14.5. The lowest BCUT2D eigenvalue weighted by atomic mass is 9.97. The summed E-state index contributed by atoms with van der Waals surface area (Å²) < 4.78 is 12.0. The molecule has 4 nitrogen and oxygen atoms in total. The molecule has 0 fully saturated rings. The molecule has 5 heteroatoms. The lowest BCUT2D eigenvalue weighted by molar-refractivity contribution is 0.0282. The molecule has 0 aromatic heterocycles. The van der Waals surface area contributed by atoms with Gasteiger partial charge in [0.25, 0.3) is 0 Å².